The summed E-state index contributed by atoms with van der Waals surface area (Å²) in [6, 6.07) is 6.34. The molecule has 0 saturated heterocycles. The third kappa shape index (κ3) is 5.45. The number of anilines is 1. The zero-order chi connectivity index (χ0) is 16.0. The standard InChI is InChI=1S/C16H24N2O3/c1-11(2)9-18(10-12(3)4)16(21)15(20)17-13-7-5-6-8-14(13)19/h5-8,11-12,19H,9-10H2,1-4H3,(H,17,20). The van der Waals surface area contributed by atoms with Gasteiger partial charge in [0.15, 0.2) is 0 Å². The van der Waals surface area contributed by atoms with Gasteiger partial charge < -0.3 is 15.3 Å². The highest BCUT2D eigenvalue weighted by molar-refractivity contribution is 6.39. The second-order valence-electron chi connectivity index (χ2n) is 5.97. The molecule has 2 N–H and O–H groups in total. The van der Waals surface area contributed by atoms with Gasteiger partial charge in [-0.25, -0.2) is 0 Å². The van der Waals surface area contributed by atoms with Crippen LogP contribution >= 0.6 is 0 Å². The minimum Gasteiger partial charge on any atom is -0.506 e. The van der Waals surface area contributed by atoms with E-state index in [4.69, 9.17) is 0 Å². The number of carbonyl (C=O) groups excluding carboxylic acids is 2. The Balaban J connectivity index is 2.78. The summed E-state index contributed by atoms with van der Waals surface area (Å²) in [5, 5.41) is 12.1. The van der Waals surface area contributed by atoms with E-state index < -0.39 is 11.8 Å². The lowest BCUT2D eigenvalue weighted by molar-refractivity contribution is -0.143. The number of rotatable bonds is 5. The monoisotopic (exact) mass is 292 g/mol. The molecular weight excluding hydrogens is 268 g/mol. The van der Waals surface area contributed by atoms with Crippen LogP contribution in [0.5, 0.6) is 5.75 Å². The van der Waals surface area contributed by atoms with Crippen molar-refractivity contribution in [1.29, 1.82) is 0 Å². The number of amides is 2. The number of hydrogen-bond donors (Lipinski definition) is 2. The number of hydrogen-bond acceptors (Lipinski definition) is 3. The number of nitrogens with zero attached hydrogens (tertiary/aromatic N) is 1. The summed E-state index contributed by atoms with van der Waals surface area (Å²) in [4.78, 5) is 25.9. The Bertz CT molecular complexity index is 488. The summed E-state index contributed by atoms with van der Waals surface area (Å²) in [5.74, 6) is -0.785. The Labute approximate surface area is 126 Å². The molecule has 0 heterocycles. The summed E-state index contributed by atoms with van der Waals surface area (Å²) in [6.07, 6.45) is 0. The summed E-state index contributed by atoms with van der Waals surface area (Å²) >= 11 is 0. The third-order valence-corrected chi connectivity index (χ3v) is 2.80. The largest absolute Gasteiger partial charge is 0.506 e. The van der Waals surface area contributed by atoms with Gasteiger partial charge in [-0.15, -0.1) is 0 Å². The number of nitrogens with one attached hydrogen (secondary N) is 1. The molecule has 0 aliphatic carbocycles. The van der Waals surface area contributed by atoms with Crippen molar-refractivity contribution in [1.82, 2.24) is 4.90 Å². The van der Waals surface area contributed by atoms with Crippen molar-refractivity contribution in [3.05, 3.63) is 24.3 Å². The first-order valence-electron chi connectivity index (χ1n) is 7.19. The van der Waals surface area contributed by atoms with E-state index in [1.54, 1.807) is 23.1 Å². The molecule has 0 fully saturated rings. The Morgan fingerprint density at radius 2 is 1.62 bits per heavy atom. The molecule has 0 aliphatic heterocycles. The van der Waals surface area contributed by atoms with Gasteiger partial charge in [0.25, 0.3) is 0 Å². The van der Waals surface area contributed by atoms with E-state index in [-0.39, 0.29) is 23.3 Å². The summed E-state index contributed by atoms with van der Waals surface area (Å²) < 4.78 is 0. The van der Waals surface area contributed by atoms with E-state index in [9.17, 15) is 14.7 Å². The zero-order valence-corrected chi connectivity index (χ0v) is 13.1. The van der Waals surface area contributed by atoms with E-state index in [0.717, 1.165) is 0 Å². The Morgan fingerprint density at radius 1 is 1.10 bits per heavy atom. The van der Waals surface area contributed by atoms with Gasteiger partial charge in [-0.05, 0) is 24.0 Å². The van der Waals surface area contributed by atoms with E-state index in [2.05, 4.69) is 5.32 Å². The molecular formula is C16H24N2O3. The van der Waals surface area contributed by atoms with Crippen LogP contribution < -0.4 is 5.32 Å². The zero-order valence-electron chi connectivity index (χ0n) is 13.1. The first-order chi connectivity index (χ1) is 9.81. The molecule has 0 unspecified atom stereocenters. The molecule has 0 aromatic heterocycles. The smallest absolute Gasteiger partial charge is 0.314 e. The minimum absolute atomic E-state index is 0.0575. The van der Waals surface area contributed by atoms with Gasteiger partial charge in [0.2, 0.25) is 0 Å². The van der Waals surface area contributed by atoms with Crippen molar-refractivity contribution in [2.75, 3.05) is 18.4 Å². The fourth-order valence-corrected chi connectivity index (χ4v) is 2.02. The third-order valence-electron chi connectivity index (χ3n) is 2.80. The maximum atomic E-state index is 12.3. The molecule has 0 atom stereocenters. The number of phenolic OH excluding ortho intramolecular Hbond substituents is 1. The maximum Gasteiger partial charge on any atom is 0.314 e. The van der Waals surface area contributed by atoms with Gasteiger partial charge >= 0.3 is 11.8 Å². The topological polar surface area (TPSA) is 69.6 Å². The van der Waals surface area contributed by atoms with Crippen LogP contribution in [-0.2, 0) is 9.59 Å². The highest BCUT2D eigenvalue weighted by atomic mass is 16.3. The number of benzene rings is 1. The van der Waals surface area contributed by atoms with Crippen molar-refractivity contribution >= 4 is 17.5 Å². The van der Waals surface area contributed by atoms with E-state index in [1.807, 2.05) is 27.7 Å². The molecule has 5 nitrogen and oxygen atoms in total. The quantitative estimate of drug-likeness (QED) is 0.647. The second-order valence-corrected chi connectivity index (χ2v) is 5.97. The molecule has 0 saturated carbocycles. The minimum atomic E-state index is -0.724. The van der Waals surface area contributed by atoms with E-state index in [1.165, 1.54) is 6.07 Å². The summed E-state index contributed by atoms with van der Waals surface area (Å²) in [5.41, 5.74) is 0.241. The van der Waals surface area contributed by atoms with E-state index in [0.29, 0.717) is 13.1 Å². The van der Waals surface area contributed by atoms with Crippen molar-refractivity contribution in [2.24, 2.45) is 11.8 Å². The Kier molecular flexibility index (Phi) is 6.21. The molecule has 1 aromatic rings. The van der Waals surface area contributed by atoms with Crippen LogP contribution in [0.25, 0.3) is 0 Å². The molecule has 0 aliphatic rings. The number of carbonyl (C=O) groups is 2. The molecule has 1 aromatic carbocycles. The van der Waals surface area contributed by atoms with Crippen LogP contribution in [0.3, 0.4) is 0 Å². The Morgan fingerprint density at radius 3 is 2.10 bits per heavy atom. The molecule has 0 spiro atoms. The Hall–Kier alpha value is -2.04. The van der Waals surface area contributed by atoms with Crippen LogP contribution in [0, 0.1) is 11.8 Å². The van der Waals surface area contributed by atoms with E-state index >= 15 is 0 Å². The lowest BCUT2D eigenvalue weighted by Crippen LogP contribution is -2.43. The van der Waals surface area contributed by atoms with Gasteiger partial charge in [-0.3, -0.25) is 9.59 Å². The molecule has 0 bridgehead atoms. The van der Waals surface area contributed by atoms with Gasteiger partial charge in [-0.2, -0.15) is 0 Å². The normalized spacial score (nSPS) is 10.8. The van der Waals surface area contributed by atoms with Crippen molar-refractivity contribution in [3.8, 4) is 5.75 Å². The van der Waals surface area contributed by atoms with Crippen molar-refractivity contribution in [3.63, 3.8) is 0 Å². The van der Waals surface area contributed by atoms with Gasteiger partial charge in [-0.1, -0.05) is 39.8 Å². The van der Waals surface area contributed by atoms with Crippen LogP contribution in [0.15, 0.2) is 24.3 Å². The first kappa shape index (κ1) is 17.0. The lowest BCUT2D eigenvalue weighted by atomic mass is 10.1. The predicted octanol–water partition coefficient (Wildman–Crippen LogP) is 2.47. The fraction of sp³-hybridized carbons (Fsp3) is 0.500. The van der Waals surface area contributed by atoms with Crippen molar-refractivity contribution < 1.29 is 14.7 Å². The number of para-hydroxylation sites is 2. The molecule has 2 amide bonds. The fourth-order valence-electron chi connectivity index (χ4n) is 2.02. The summed E-state index contributed by atoms with van der Waals surface area (Å²) in [7, 11) is 0. The molecule has 0 radical (unpaired) electrons. The van der Waals surface area contributed by atoms with Crippen molar-refractivity contribution in [2.45, 2.75) is 27.7 Å². The number of aromatic hydroxyl groups is 1. The second kappa shape index (κ2) is 7.67. The number of phenols is 1. The van der Waals surface area contributed by atoms with Gasteiger partial charge in [0, 0.05) is 13.1 Å². The molecule has 5 heteroatoms. The average molecular weight is 292 g/mol. The lowest BCUT2D eigenvalue weighted by Gasteiger charge is -2.25. The maximum absolute atomic E-state index is 12.3. The van der Waals surface area contributed by atoms with Crippen LogP contribution in [0.2, 0.25) is 0 Å². The molecule has 116 valence electrons. The van der Waals surface area contributed by atoms with Crippen LogP contribution in [0.1, 0.15) is 27.7 Å². The van der Waals surface area contributed by atoms with Crippen LogP contribution in [0.4, 0.5) is 5.69 Å². The predicted molar refractivity (Wildman–Crippen MR) is 83.0 cm³/mol. The summed E-state index contributed by atoms with van der Waals surface area (Å²) in [6.45, 7) is 9.07. The van der Waals surface area contributed by atoms with Gasteiger partial charge in [0.05, 0.1) is 5.69 Å². The van der Waals surface area contributed by atoms with Gasteiger partial charge in [0.1, 0.15) is 5.75 Å². The highest BCUT2D eigenvalue weighted by Gasteiger charge is 2.23. The average Bonchev–Trinajstić information content (AvgIpc) is 2.38. The highest BCUT2D eigenvalue weighted by Crippen LogP contribution is 2.21. The molecule has 21 heavy (non-hydrogen) atoms. The first-order valence-corrected chi connectivity index (χ1v) is 7.19. The van der Waals surface area contributed by atoms with Crippen LogP contribution in [-0.4, -0.2) is 34.9 Å². The molecule has 1 rings (SSSR count). The SMILES string of the molecule is CC(C)CN(CC(C)C)C(=O)C(=O)Nc1ccccc1O.